The molecule has 12 heavy (non-hydrogen) atoms. The van der Waals surface area contributed by atoms with E-state index in [4.69, 9.17) is 22.4 Å². The van der Waals surface area contributed by atoms with Crippen molar-refractivity contribution in [3.8, 4) is 0 Å². The first-order valence-corrected chi connectivity index (χ1v) is 4.68. The van der Waals surface area contributed by atoms with Gasteiger partial charge in [-0.1, -0.05) is 0 Å². The minimum atomic E-state index is -0.250. The maximum atomic E-state index is 8.69. The zero-order chi connectivity index (χ0) is 9.40. The first-order chi connectivity index (χ1) is 5.74. The fourth-order valence-electron chi connectivity index (χ4n) is 0.789. The SMILES string of the molecule is [B]C(CO)SC(COC)COC. The lowest BCUT2D eigenvalue weighted by atomic mass is 10.1. The highest BCUT2D eigenvalue weighted by Crippen LogP contribution is 2.15. The summed E-state index contributed by atoms with van der Waals surface area (Å²) >= 11 is 1.47. The summed E-state index contributed by atoms with van der Waals surface area (Å²) in [5, 5.41) is 8.64. The summed E-state index contributed by atoms with van der Waals surface area (Å²) in [4.78, 5) is 0. The average Bonchev–Trinajstić information content (AvgIpc) is 2.05. The van der Waals surface area contributed by atoms with E-state index in [-0.39, 0.29) is 17.0 Å². The van der Waals surface area contributed by atoms with Crippen molar-refractivity contribution in [2.45, 2.75) is 10.4 Å². The lowest BCUT2D eigenvalue weighted by molar-refractivity contribution is 0.144. The maximum absolute atomic E-state index is 8.69. The topological polar surface area (TPSA) is 38.7 Å². The van der Waals surface area contributed by atoms with Gasteiger partial charge in [-0.25, -0.2) is 0 Å². The second kappa shape index (κ2) is 7.92. The van der Waals surface area contributed by atoms with Crippen LogP contribution in [0.4, 0.5) is 0 Å². The summed E-state index contributed by atoms with van der Waals surface area (Å²) < 4.78 is 9.93. The van der Waals surface area contributed by atoms with Gasteiger partial charge < -0.3 is 14.6 Å². The smallest absolute Gasteiger partial charge is 0.0878 e. The molecule has 0 spiro atoms. The molecule has 0 saturated carbocycles. The van der Waals surface area contributed by atoms with Gasteiger partial charge in [0.25, 0.3) is 0 Å². The van der Waals surface area contributed by atoms with Crippen LogP contribution in [0.3, 0.4) is 0 Å². The maximum Gasteiger partial charge on any atom is 0.0878 e. The van der Waals surface area contributed by atoms with E-state index in [2.05, 4.69) is 0 Å². The Morgan fingerprint density at radius 3 is 2.17 bits per heavy atom. The minimum Gasteiger partial charge on any atom is -0.396 e. The normalized spacial score (nSPS) is 13.7. The molecule has 5 heteroatoms. The van der Waals surface area contributed by atoms with Crippen LogP contribution >= 0.6 is 11.8 Å². The Hall–Kier alpha value is 0.295. The van der Waals surface area contributed by atoms with Crippen LogP contribution in [0, 0.1) is 0 Å². The summed E-state index contributed by atoms with van der Waals surface area (Å²) in [5.74, 6) is 0. The third-order valence-electron chi connectivity index (χ3n) is 1.25. The van der Waals surface area contributed by atoms with E-state index >= 15 is 0 Å². The van der Waals surface area contributed by atoms with Crippen LogP contribution in [0.1, 0.15) is 0 Å². The van der Waals surface area contributed by atoms with Crippen molar-refractivity contribution in [2.75, 3.05) is 34.0 Å². The van der Waals surface area contributed by atoms with Crippen molar-refractivity contribution in [1.29, 1.82) is 0 Å². The summed E-state index contributed by atoms with van der Waals surface area (Å²) in [5.41, 5.74) is 0. The van der Waals surface area contributed by atoms with Gasteiger partial charge >= 0.3 is 0 Å². The summed E-state index contributed by atoms with van der Waals surface area (Å²) in [6, 6.07) is 0. The Kier molecular flexibility index (Phi) is 8.11. The number of aliphatic hydroxyl groups is 1. The molecule has 0 saturated heterocycles. The molecule has 0 aromatic carbocycles. The molecule has 70 valence electrons. The number of hydrogen-bond acceptors (Lipinski definition) is 4. The molecule has 0 amide bonds. The largest absolute Gasteiger partial charge is 0.396 e. The number of aliphatic hydroxyl groups excluding tert-OH is 1. The second-order valence-corrected chi connectivity index (χ2v) is 3.93. The molecule has 1 unspecified atom stereocenters. The van der Waals surface area contributed by atoms with Gasteiger partial charge in [0.15, 0.2) is 0 Å². The fourth-order valence-corrected chi connectivity index (χ4v) is 1.80. The van der Waals surface area contributed by atoms with E-state index in [1.165, 1.54) is 11.8 Å². The first-order valence-electron chi connectivity index (χ1n) is 3.74. The van der Waals surface area contributed by atoms with Crippen molar-refractivity contribution in [3.05, 3.63) is 0 Å². The highest BCUT2D eigenvalue weighted by atomic mass is 32.2. The Morgan fingerprint density at radius 2 is 1.83 bits per heavy atom. The van der Waals surface area contributed by atoms with Gasteiger partial charge in [0, 0.05) is 20.8 Å². The van der Waals surface area contributed by atoms with E-state index in [9.17, 15) is 0 Å². The lowest BCUT2D eigenvalue weighted by Gasteiger charge is -2.18. The summed E-state index contributed by atoms with van der Waals surface area (Å²) in [6.07, 6.45) is 0. The van der Waals surface area contributed by atoms with Gasteiger partial charge in [0.2, 0.25) is 0 Å². The second-order valence-electron chi connectivity index (χ2n) is 2.39. The minimum absolute atomic E-state index is 0.0193. The van der Waals surface area contributed by atoms with Crippen molar-refractivity contribution < 1.29 is 14.6 Å². The molecule has 0 aliphatic rings. The van der Waals surface area contributed by atoms with Gasteiger partial charge in [-0.05, 0) is 5.15 Å². The van der Waals surface area contributed by atoms with E-state index in [1.54, 1.807) is 14.2 Å². The number of rotatable bonds is 7. The predicted octanol–water partition coefficient (Wildman–Crippen LogP) is -0.132. The Labute approximate surface area is 79.2 Å². The molecule has 1 atom stereocenters. The number of hydrogen-bond donors (Lipinski definition) is 1. The lowest BCUT2D eigenvalue weighted by Crippen LogP contribution is -2.22. The molecule has 0 rings (SSSR count). The molecular weight excluding hydrogens is 175 g/mol. The molecule has 0 aliphatic carbocycles. The Bertz CT molecular complexity index is 98.7. The van der Waals surface area contributed by atoms with E-state index < -0.39 is 0 Å². The third kappa shape index (κ3) is 5.88. The zero-order valence-corrected chi connectivity index (χ0v) is 8.34. The van der Waals surface area contributed by atoms with Crippen LogP contribution in [-0.2, 0) is 9.47 Å². The fraction of sp³-hybridized carbons (Fsp3) is 1.00. The molecule has 1 N–H and O–H groups in total. The van der Waals surface area contributed by atoms with Crippen molar-refractivity contribution in [3.63, 3.8) is 0 Å². The Balaban J connectivity index is 3.61. The molecule has 0 aromatic rings. The molecule has 0 fully saturated rings. The molecule has 3 nitrogen and oxygen atoms in total. The van der Waals surface area contributed by atoms with Crippen LogP contribution in [0.15, 0.2) is 0 Å². The summed E-state index contributed by atoms with van der Waals surface area (Å²) in [7, 11) is 8.80. The number of thioether (sulfide) groups is 1. The molecule has 0 aromatic heterocycles. The molecule has 2 radical (unpaired) electrons. The van der Waals surface area contributed by atoms with Crippen LogP contribution in [0.2, 0.25) is 0 Å². The van der Waals surface area contributed by atoms with Gasteiger partial charge in [0.1, 0.15) is 0 Å². The van der Waals surface area contributed by atoms with Gasteiger partial charge in [-0.2, -0.15) is 11.8 Å². The first kappa shape index (κ1) is 12.3. The molecule has 0 aliphatic heterocycles. The van der Waals surface area contributed by atoms with E-state index in [0.717, 1.165) is 0 Å². The third-order valence-corrected chi connectivity index (χ3v) is 2.41. The van der Waals surface area contributed by atoms with Crippen molar-refractivity contribution >= 4 is 19.6 Å². The number of methoxy groups -OCH3 is 2. The number of ether oxygens (including phenoxy) is 2. The van der Waals surface area contributed by atoms with Gasteiger partial charge in [-0.15, -0.1) is 0 Å². The highest BCUT2D eigenvalue weighted by Gasteiger charge is 2.12. The Morgan fingerprint density at radius 1 is 1.33 bits per heavy atom. The monoisotopic (exact) mass is 190 g/mol. The van der Waals surface area contributed by atoms with Crippen molar-refractivity contribution in [1.82, 2.24) is 0 Å². The molecule has 0 bridgehead atoms. The van der Waals surface area contributed by atoms with Gasteiger partial charge in [0.05, 0.1) is 26.3 Å². The van der Waals surface area contributed by atoms with Crippen LogP contribution in [0.5, 0.6) is 0 Å². The standard InChI is InChI=1S/C7H15BO3S/c1-10-4-6(5-11-2)12-7(8)3-9/h6-7,9H,3-5H2,1-2H3. The van der Waals surface area contributed by atoms with Crippen molar-refractivity contribution in [2.24, 2.45) is 0 Å². The van der Waals surface area contributed by atoms with Crippen LogP contribution in [-0.4, -0.2) is 57.4 Å². The highest BCUT2D eigenvalue weighted by molar-refractivity contribution is 8.01. The average molecular weight is 190 g/mol. The van der Waals surface area contributed by atoms with Gasteiger partial charge in [-0.3, -0.25) is 0 Å². The molecule has 0 heterocycles. The zero-order valence-electron chi connectivity index (χ0n) is 7.53. The predicted molar refractivity (Wildman–Crippen MR) is 51.8 cm³/mol. The van der Waals surface area contributed by atoms with E-state index in [0.29, 0.717) is 13.2 Å². The van der Waals surface area contributed by atoms with E-state index in [1.807, 2.05) is 0 Å². The van der Waals surface area contributed by atoms with Crippen LogP contribution < -0.4 is 0 Å². The van der Waals surface area contributed by atoms with Crippen LogP contribution in [0.25, 0.3) is 0 Å². The summed E-state index contributed by atoms with van der Waals surface area (Å²) in [6.45, 7) is 1.16. The quantitative estimate of drug-likeness (QED) is 0.567. The molecular formula is C7H15BO3S.